The Labute approximate surface area is 155 Å². The zero-order valence-corrected chi connectivity index (χ0v) is 15.4. The second kappa shape index (κ2) is 7.28. The molecule has 2 aliphatic heterocycles. The summed E-state index contributed by atoms with van der Waals surface area (Å²) in [7, 11) is 0. The second-order valence-electron chi connectivity index (χ2n) is 8.38. The number of rotatable bonds is 3. The van der Waals surface area contributed by atoms with Crippen molar-refractivity contribution in [2.45, 2.75) is 63.1 Å². The van der Waals surface area contributed by atoms with E-state index in [1.165, 1.54) is 12.8 Å². The van der Waals surface area contributed by atoms with Gasteiger partial charge in [-0.3, -0.25) is 9.69 Å². The van der Waals surface area contributed by atoms with Crippen molar-refractivity contribution in [3.05, 3.63) is 35.6 Å². The van der Waals surface area contributed by atoms with E-state index in [0.29, 0.717) is 12.8 Å². The highest BCUT2D eigenvalue weighted by Gasteiger charge is 2.43. The second-order valence-corrected chi connectivity index (χ2v) is 8.38. The number of aliphatic hydroxyl groups is 1. The van der Waals surface area contributed by atoms with Crippen molar-refractivity contribution in [3.63, 3.8) is 0 Å². The Bertz CT molecular complexity index is 644. The Hall–Kier alpha value is -1.46. The van der Waals surface area contributed by atoms with Gasteiger partial charge in [0.25, 0.3) is 0 Å². The normalized spacial score (nSPS) is 32.5. The minimum atomic E-state index is -0.275. The van der Waals surface area contributed by atoms with Crippen LogP contribution in [-0.2, 0) is 11.3 Å². The highest BCUT2D eigenvalue weighted by Crippen LogP contribution is 2.40. The van der Waals surface area contributed by atoms with Crippen molar-refractivity contribution in [1.82, 2.24) is 9.80 Å². The maximum atomic E-state index is 13.2. The predicted octanol–water partition coefficient (Wildman–Crippen LogP) is 2.94. The lowest BCUT2D eigenvalue weighted by Crippen LogP contribution is -2.46. The van der Waals surface area contributed by atoms with Gasteiger partial charge in [0.2, 0.25) is 5.91 Å². The Morgan fingerprint density at radius 2 is 1.77 bits per heavy atom. The molecule has 2 heterocycles. The number of benzene rings is 1. The third-order valence-electron chi connectivity index (χ3n) is 6.72. The topological polar surface area (TPSA) is 43.8 Å². The van der Waals surface area contributed by atoms with Gasteiger partial charge in [-0.1, -0.05) is 12.1 Å². The summed E-state index contributed by atoms with van der Waals surface area (Å²) in [6.07, 6.45) is 6.58. The van der Waals surface area contributed by atoms with Crippen LogP contribution in [0.2, 0.25) is 0 Å². The molecule has 1 saturated carbocycles. The van der Waals surface area contributed by atoms with Crippen LogP contribution in [0.25, 0.3) is 0 Å². The first-order valence-electron chi connectivity index (χ1n) is 10.0. The van der Waals surface area contributed by atoms with Crippen LogP contribution in [0.15, 0.2) is 24.3 Å². The van der Waals surface area contributed by atoms with Crippen molar-refractivity contribution in [1.29, 1.82) is 0 Å². The van der Waals surface area contributed by atoms with Crippen molar-refractivity contribution in [3.8, 4) is 0 Å². The highest BCUT2D eigenvalue weighted by atomic mass is 19.1. The molecule has 0 unspecified atom stereocenters. The van der Waals surface area contributed by atoms with E-state index in [0.717, 1.165) is 51.0 Å². The van der Waals surface area contributed by atoms with Gasteiger partial charge in [-0.25, -0.2) is 4.39 Å². The Kier molecular flexibility index (Phi) is 5.02. The van der Waals surface area contributed by atoms with E-state index in [4.69, 9.17) is 0 Å². The summed E-state index contributed by atoms with van der Waals surface area (Å²) < 4.78 is 13.2. The molecule has 142 valence electrons. The number of carbonyl (C=O) groups is 1. The molecule has 0 aromatic heterocycles. The monoisotopic (exact) mass is 360 g/mol. The number of halogens is 1. The number of hydrogen-bond acceptors (Lipinski definition) is 3. The van der Waals surface area contributed by atoms with E-state index >= 15 is 0 Å². The molecule has 3 aliphatic rings. The molecule has 0 bridgehead atoms. The summed E-state index contributed by atoms with van der Waals surface area (Å²) in [6, 6.07) is 6.85. The van der Waals surface area contributed by atoms with E-state index < -0.39 is 0 Å². The molecule has 5 heteroatoms. The molecule has 1 spiro atoms. The van der Waals surface area contributed by atoms with Crippen LogP contribution in [0, 0.1) is 11.7 Å². The molecule has 1 atom stereocenters. The molecule has 0 radical (unpaired) electrons. The Morgan fingerprint density at radius 3 is 2.46 bits per heavy atom. The number of carbonyl (C=O) groups excluding carboxylic acids is 1. The summed E-state index contributed by atoms with van der Waals surface area (Å²) >= 11 is 0. The predicted molar refractivity (Wildman–Crippen MR) is 97.9 cm³/mol. The van der Waals surface area contributed by atoms with E-state index in [-0.39, 0.29) is 29.3 Å². The van der Waals surface area contributed by atoms with Crippen LogP contribution in [-0.4, -0.2) is 52.1 Å². The van der Waals surface area contributed by atoms with Gasteiger partial charge in [0.15, 0.2) is 0 Å². The van der Waals surface area contributed by atoms with Gasteiger partial charge in [0.1, 0.15) is 5.82 Å². The molecule has 1 aliphatic carbocycles. The molecule has 4 rings (SSSR count). The summed E-state index contributed by atoms with van der Waals surface area (Å²) in [5.41, 5.74) is 1.34. The molecule has 2 saturated heterocycles. The fourth-order valence-electron chi connectivity index (χ4n) is 5.06. The lowest BCUT2D eigenvalue weighted by atomic mass is 9.81. The smallest absolute Gasteiger partial charge is 0.225 e. The lowest BCUT2D eigenvalue weighted by molar-refractivity contribution is -0.142. The minimum Gasteiger partial charge on any atom is -0.393 e. The molecular formula is C21H29FN2O2. The van der Waals surface area contributed by atoms with Gasteiger partial charge in [0, 0.05) is 31.1 Å². The van der Waals surface area contributed by atoms with Gasteiger partial charge in [-0.2, -0.15) is 0 Å². The fraction of sp³-hybridized carbons (Fsp3) is 0.667. The van der Waals surface area contributed by atoms with E-state index in [9.17, 15) is 14.3 Å². The molecule has 1 N–H and O–H groups in total. The van der Waals surface area contributed by atoms with Crippen LogP contribution in [0.1, 0.15) is 50.5 Å². The van der Waals surface area contributed by atoms with E-state index in [2.05, 4.69) is 4.90 Å². The van der Waals surface area contributed by atoms with Crippen molar-refractivity contribution in [2.24, 2.45) is 5.92 Å². The largest absolute Gasteiger partial charge is 0.393 e. The van der Waals surface area contributed by atoms with Crippen LogP contribution in [0.3, 0.4) is 0 Å². The SMILES string of the molecule is O=C(C1CC(O)C1)N1CCC[C@]2(CCCN2Cc2ccc(F)cc2)CC1. The zero-order chi connectivity index (χ0) is 18.1. The molecular weight excluding hydrogens is 331 g/mol. The average molecular weight is 360 g/mol. The lowest BCUT2D eigenvalue weighted by Gasteiger charge is -2.39. The van der Waals surface area contributed by atoms with Gasteiger partial charge in [0.05, 0.1) is 6.10 Å². The zero-order valence-electron chi connectivity index (χ0n) is 15.4. The van der Waals surface area contributed by atoms with E-state index in [1.807, 2.05) is 17.0 Å². The molecule has 3 fully saturated rings. The highest BCUT2D eigenvalue weighted by molar-refractivity contribution is 5.79. The van der Waals surface area contributed by atoms with Gasteiger partial charge in [-0.05, 0) is 69.2 Å². The van der Waals surface area contributed by atoms with Crippen molar-refractivity contribution >= 4 is 5.91 Å². The summed E-state index contributed by atoms with van der Waals surface area (Å²) in [6.45, 7) is 3.62. The number of hydrogen-bond donors (Lipinski definition) is 1. The summed E-state index contributed by atoms with van der Waals surface area (Å²) in [4.78, 5) is 17.3. The molecule has 4 nitrogen and oxygen atoms in total. The Morgan fingerprint density at radius 1 is 1.08 bits per heavy atom. The molecule has 26 heavy (non-hydrogen) atoms. The van der Waals surface area contributed by atoms with Crippen LogP contribution >= 0.6 is 0 Å². The van der Waals surface area contributed by atoms with Crippen LogP contribution in [0.5, 0.6) is 0 Å². The molecule has 1 amide bonds. The number of amides is 1. The fourth-order valence-corrected chi connectivity index (χ4v) is 5.06. The molecule has 1 aromatic rings. The number of aliphatic hydroxyl groups excluding tert-OH is 1. The first-order valence-corrected chi connectivity index (χ1v) is 10.0. The summed E-state index contributed by atoms with van der Waals surface area (Å²) in [5.74, 6) is 0.1000. The number of likely N-dealkylation sites (tertiary alicyclic amines) is 2. The quantitative estimate of drug-likeness (QED) is 0.901. The van der Waals surface area contributed by atoms with Gasteiger partial charge < -0.3 is 10.0 Å². The van der Waals surface area contributed by atoms with E-state index in [1.54, 1.807) is 12.1 Å². The first-order chi connectivity index (χ1) is 12.6. The third kappa shape index (κ3) is 3.52. The minimum absolute atomic E-state index is 0.0398. The first kappa shape index (κ1) is 17.9. The number of nitrogens with zero attached hydrogens (tertiary/aromatic N) is 2. The van der Waals surface area contributed by atoms with Crippen LogP contribution < -0.4 is 0 Å². The van der Waals surface area contributed by atoms with Crippen molar-refractivity contribution in [2.75, 3.05) is 19.6 Å². The molecule has 1 aromatic carbocycles. The maximum absolute atomic E-state index is 13.2. The standard InChI is InChI=1S/C21H29FN2O2/c22-18-5-3-16(4-6-18)15-24-11-2-8-21(24)7-1-10-23(12-9-21)20(26)17-13-19(25)14-17/h3-6,17,19,25H,1-2,7-15H2/t17?,19?,21-/m0/s1. The maximum Gasteiger partial charge on any atom is 0.225 e. The van der Waals surface area contributed by atoms with Crippen molar-refractivity contribution < 1.29 is 14.3 Å². The third-order valence-corrected chi connectivity index (χ3v) is 6.72. The van der Waals surface area contributed by atoms with Crippen LogP contribution in [0.4, 0.5) is 4.39 Å². The van der Waals surface area contributed by atoms with Gasteiger partial charge in [-0.15, -0.1) is 0 Å². The van der Waals surface area contributed by atoms with Gasteiger partial charge >= 0.3 is 0 Å². The average Bonchev–Trinajstić information content (AvgIpc) is 2.85. The Balaban J connectivity index is 1.40. The summed E-state index contributed by atoms with van der Waals surface area (Å²) in [5, 5.41) is 9.48.